The highest BCUT2D eigenvalue weighted by Crippen LogP contribution is 2.25. The molecule has 138 valence electrons. The molecule has 0 bridgehead atoms. The van der Waals surface area contributed by atoms with Crippen molar-refractivity contribution in [2.45, 2.75) is 46.3 Å². The van der Waals surface area contributed by atoms with E-state index in [4.69, 9.17) is 4.74 Å². The van der Waals surface area contributed by atoms with Gasteiger partial charge in [0, 0.05) is 29.8 Å². The van der Waals surface area contributed by atoms with E-state index in [0.29, 0.717) is 30.9 Å². The van der Waals surface area contributed by atoms with Gasteiger partial charge >= 0.3 is 6.09 Å². The Hall–Kier alpha value is -2.83. The fourth-order valence-electron chi connectivity index (χ4n) is 2.77. The average Bonchev–Trinajstić information content (AvgIpc) is 2.96. The molecule has 3 rings (SSSR count). The highest BCUT2D eigenvalue weighted by Gasteiger charge is 2.29. The van der Waals surface area contributed by atoms with Crippen LogP contribution in [-0.4, -0.2) is 39.2 Å². The van der Waals surface area contributed by atoms with Crippen LogP contribution >= 0.6 is 0 Å². The first kappa shape index (κ1) is 18.0. The van der Waals surface area contributed by atoms with Crippen LogP contribution in [0.5, 0.6) is 0 Å². The molecule has 7 nitrogen and oxygen atoms in total. The van der Waals surface area contributed by atoms with E-state index in [1.807, 2.05) is 39.8 Å². The number of carbonyl (C=O) groups is 2. The van der Waals surface area contributed by atoms with Gasteiger partial charge in [0.2, 0.25) is 0 Å². The normalized spacial score (nSPS) is 13.9. The van der Waals surface area contributed by atoms with Crippen molar-refractivity contribution in [3.8, 4) is 0 Å². The van der Waals surface area contributed by atoms with Gasteiger partial charge in [-0.25, -0.2) is 4.79 Å². The number of anilines is 1. The van der Waals surface area contributed by atoms with Gasteiger partial charge in [-0.05, 0) is 39.8 Å². The molecule has 0 aliphatic carbocycles. The number of rotatable bonds is 2. The molecule has 0 radical (unpaired) electrons. The molecule has 1 aliphatic rings. The van der Waals surface area contributed by atoms with Crippen molar-refractivity contribution >= 4 is 17.8 Å². The quantitative estimate of drug-likeness (QED) is 0.864. The highest BCUT2D eigenvalue weighted by atomic mass is 16.6. The highest BCUT2D eigenvalue weighted by molar-refractivity contribution is 6.04. The molecule has 1 aromatic heterocycles. The van der Waals surface area contributed by atoms with Crippen molar-refractivity contribution < 1.29 is 14.3 Å². The summed E-state index contributed by atoms with van der Waals surface area (Å²) in [7, 11) is 0. The summed E-state index contributed by atoms with van der Waals surface area (Å²) in [5.74, 6) is 0.229. The van der Waals surface area contributed by atoms with Crippen molar-refractivity contribution in [3.63, 3.8) is 0 Å². The van der Waals surface area contributed by atoms with E-state index < -0.39 is 5.60 Å². The van der Waals surface area contributed by atoms with Gasteiger partial charge in [0.25, 0.3) is 5.91 Å². The van der Waals surface area contributed by atoms with E-state index >= 15 is 0 Å². The van der Waals surface area contributed by atoms with Gasteiger partial charge in [0.15, 0.2) is 5.82 Å². The zero-order valence-electron chi connectivity index (χ0n) is 15.5. The van der Waals surface area contributed by atoms with Gasteiger partial charge in [-0.1, -0.05) is 17.7 Å². The number of carbonyl (C=O) groups excluding carboxylic acids is 2. The maximum absolute atomic E-state index is 12.4. The third-order valence-electron chi connectivity index (χ3n) is 4.13. The summed E-state index contributed by atoms with van der Waals surface area (Å²) in [4.78, 5) is 26.4. The zero-order valence-corrected chi connectivity index (χ0v) is 15.5. The minimum Gasteiger partial charge on any atom is -0.444 e. The van der Waals surface area contributed by atoms with E-state index in [-0.39, 0.29) is 12.0 Å². The van der Waals surface area contributed by atoms with Crippen LogP contribution in [0.2, 0.25) is 0 Å². The number of nitrogens with zero attached hydrogens (tertiary/aromatic N) is 2. The molecule has 2 aromatic rings. The molecule has 2 N–H and O–H groups in total. The number of hydrogen-bond donors (Lipinski definition) is 2. The zero-order chi connectivity index (χ0) is 18.9. The molecular weight excluding hydrogens is 332 g/mol. The molecule has 26 heavy (non-hydrogen) atoms. The van der Waals surface area contributed by atoms with Gasteiger partial charge in [0.1, 0.15) is 5.60 Å². The monoisotopic (exact) mass is 356 g/mol. The van der Waals surface area contributed by atoms with Crippen LogP contribution in [0.15, 0.2) is 24.3 Å². The van der Waals surface area contributed by atoms with Crippen LogP contribution in [0.25, 0.3) is 0 Å². The number of H-pyrrole nitrogens is 1. The van der Waals surface area contributed by atoms with Crippen LogP contribution < -0.4 is 5.32 Å². The Morgan fingerprint density at radius 3 is 2.58 bits per heavy atom. The van der Waals surface area contributed by atoms with E-state index in [9.17, 15) is 9.59 Å². The van der Waals surface area contributed by atoms with Crippen LogP contribution in [0, 0.1) is 6.92 Å². The first-order valence-corrected chi connectivity index (χ1v) is 8.65. The summed E-state index contributed by atoms with van der Waals surface area (Å²) >= 11 is 0. The summed E-state index contributed by atoms with van der Waals surface area (Å²) in [5.41, 5.74) is 2.86. The molecule has 2 amide bonds. The first-order valence-electron chi connectivity index (χ1n) is 8.65. The number of aromatic amines is 1. The van der Waals surface area contributed by atoms with E-state index in [2.05, 4.69) is 15.5 Å². The molecular formula is C19H24N4O3. The Bertz CT molecular complexity index is 818. The predicted octanol–water partition coefficient (Wildman–Crippen LogP) is 3.26. The van der Waals surface area contributed by atoms with Gasteiger partial charge in [-0.3, -0.25) is 9.89 Å². The van der Waals surface area contributed by atoms with Crippen molar-refractivity contribution in [2.24, 2.45) is 0 Å². The number of fused-ring (bicyclic) bond motifs is 1. The lowest BCUT2D eigenvalue weighted by Crippen LogP contribution is -2.40. The van der Waals surface area contributed by atoms with Crippen molar-refractivity contribution in [2.75, 3.05) is 11.9 Å². The Kier molecular flexibility index (Phi) is 4.71. The number of aromatic nitrogens is 2. The van der Waals surface area contributed by atoms with E-state index in [1.165, 1.54) is 0 Å². The summed E-state index contributed by atoms with van der Waals surface area (Å²) in [6.07, 6.45) is 0.280. The van der Waals surface area contributed by atoms with Crippen LogP contribution in [-0.2, 0) is 17.7 Å². The minimum absolute atomic E-state index is 0.228. The third kappa shape index (κ3) is 4.04. The second-order valence-electron chi connectivity index (χ2n) is 7.50. The number of nitrogens with one attached hydrogen (secondary N) is 2. The lowest BCUT2D eigenvalue weighted by atomic mass is 10.1. The van der Waals surface area contributed by atoms with Crippen molar-refractivity contribution in [1.82, 2.24) is 15.1 Å². The predicted molar refractivity (Wildman–Crippen MR) is 98.1 cm³/mol. The molecule has 0 saturated carbocycles. The standard InChI is InChI=1S/C19H24N4O3/c1-12-5-7-13(8-6-12)17(24)20-16-14-11-23(10-9-15(14)21-22-16)18(25)26-19(2,3)4/h5-8H,9-11H2,1-4H3,(H2,20,21,22,24). The van der Waals surface area contributed by atoms with Gasteiger partial charge in [-0.15, -0.1) is 0 Å². The van der Waals surface area contributed by atoms with Crippen LogP contribution in [0.1, 0.15) is 48.0 Å². The largest absolute Gasteiger partial charge is 0.444 e. The molecule has 2 heterocycles. The molecule has 0 saturated heterocycles. The molecule has 1 aromatic carbocycles. The second kappa shape index (κ2) is 6.82. The Morgan fingerprint density at radius 2 is 1.92 bits per heavy atom. The van der Waals surface area contributed by atoms with Crippen LogP contribution in [0.3, 0.4) is 0 Å². The number of aryl methyl sites for hydroxylation is 1. The summed E-state index contributed by atoms with van der Waals surface area (Å²) in [5, 5.41) is 10.0. The number of ether oxygens (including phenoxy) is 1. The molecule has 0 unspecified atom stereocenters. The number of hydrogen-bond acceptors (Lipinski definition) is 4. The maximum atomic E-state index is 12.4. The second-order valence-corrected chi connectivity index (χ2v) is 7.50. The number of amides is 2. The van der Waals surface area contributed by atoms with Crippen molar-refractivity contribution in [3.05, 3.63) is 46.6 Å². The fourth-order valence-corrected chi connectivity index (χ4v) is 2.77. The minimum atomic E-state index is -0.545. The Balaban J connectivity index is 1.73. The Morgan fingerprint density at radius 1 is 1.23 bits per heavy atom. The topological polar surface area (TPSA) is 87.3 Å². The molecule has 7 heteroatoms. The fraction of sp³-hybridized carbons (Fsp3) is 0.421. The lowest BCUT2D eigenvalue weighted by Gasteiger charge is -2.30. The molecule has 0 spiro atoms. The summed E-state index contributed by atoms with van der Waals surface area (Å²) < 4.78 is 5.44. The van der Waals surface area contributed by atoms with E-state index in [1.54, 1.807) is 17.0 Å². The first-order chi connectivity index (χ1) is 12.2. The third-order valence-corrected chi connectivity index (χ3v) is 4.13. The van der Waals surface area contributed by atoms with Gasteiger partial charge < -0.3 is 15.0 Å². The molecule has 0 atom stereocenters. The average molecular weight is 356 g/mol. The van der Waals surface area contributed by atoms with E-state index in [0.717, 1.165) is 16.8 Å². The summed E-state index contributed by atoms with van der Waals surface area (Å²) in [6.45, 7) is 8.39. The van der Waals surface area contributed by atoms with Gasteiger partial charge in [0.05, 0.1) is 6.54 Å². The van der Waals surface area contributed by atoms with Crippen molar-refractivity contribution in [1.29, 1.82) is 0 Å². The lowest BCUT2D eigenvalue weighted by molar-refractivity contribution is 0.0224. The summed E-state index contributed by atoms with van der Waals surface area (Å²) in [6, 6.07) is 7.33. The van der Waals surface area contributed by atoms with Gasteiger partial charge in [-0.2, -0.15) is 5.10 Å². The number of benzene rings is 1. The molecule has 0 fully saturated rings. The maximum Gasteiger partial charge on any atom is 0.410 e. The van der Waals surface area contributed by atoms with Crippen LogP contribution in [0.4, 0.5) is 10.6 Å². The smallest absolute Gasteiger partial charge is 0.410 e. The molecule has 1 aliphatic heterocycles. The SMILES string of the molecule is Cc1ccc(C(=O)Nc2n[nH]c3c2CN(C(=O)OC(C)(C)C)CC3)cc1. The Labute approximate surface area is 152 Å².